The third kappa shape index (κ3) is 3.51. The van der Waals surface area contributed by atoms with E-state index in [2.05, 4.69) is 20.6 Å². The molecule has 1 saturated carbocycles. The number of piperidine rings is 1. The van der Waals surface area contributed by atoms with E-state index in [1.165, 1.54) is 0 Å². The number of pyridine rings is 1. The summed E-state index contributed by atoms with van der Waals surface area (Å²) < 4.78 is 21.5. The van der Waals surface area contributed by atoms with Crippen molar-refractivity contribution in [3.05, 3.63) is 35.1 Å². The largest absolute Gasteiger partial charge is 0.495 e. The Morgan fingerprint density at radius 1 is 1.31 bits per heavy atom. The smallest absolute Gasteiger partial charge is 0.157 e. The van der Waals surface area contributed by atoms with Crippen LogP contribution in [0, 0.1) is 0 Å². The van der Waals surface area contributed by atoms with E-state index in [9.17, 15) is 4.39 Å². The zero-order valence-corrected chi connectivity index (χ0v) is 16.8. The fourth-order valence-electron chi connectivity index (χ4n) is 3.74. The first-order valence-electron chi connectivity index (χ1n) is 9.85. The topological polar surface area (TPSA) is 76.4 Å². The number of imidazole rings is 1. The molecule has 7 nitrogen and oxygen atoms in total. The molecule has 9 heteroatoms. The quantitative estimate of drug-likeness (QED) is 0.663. The lowest BCUT2D eigenvalue weighted by Gasteiger charge is -2.28. The minimum Gasteiger partial charge on any atom is -0.495 e. The second-order valence-electron chi connectivity index (χ2n) is 7.57. The van der Waals surface area contributed by atoms with Crippen molar-refractivity contribution in [2.45, 2.75) is 37.4 Å². The van der Waals surface area contributed by atoms with Crippen molar-refractivity contribution in [1.29, 1.82) is 0 Å². The first kappa shape index (κ1) is 18.6. The lowest BCUT2D eigenvalue weighted by molar-refractivity contribution is 0.241. The fraction of sp³-hybridized carbons (Fsp3) is 0.450. The highest BCUT2D eigenvalue weighted by Gasteiger charge is 2.30. The molecule has 1 aliphatic heterocycles. The van der Waals surface area contributed by atoms with Crippen LogP contribution in [0.5, 0.6) is 5.75 Å². The molecule has 3 aromatic heterocycles. The van der Waals surface area contributed by atoms with Gasteiger partial charge in [0.25, 0.3) is 0 Å². The summed E-state index contributed by atoms with van der Waals surface area (Å²) in [6, 6.07) is 5.10. The SMILES string of the molecule is COc1cc2ncc(-c3nc(NC4CNCCC4F)ccc3Cl)n2nc1C1CC1. The molecule has 2 aliphatic rings. The van der Waals surface area contributed by atoms with E-state index in [0.29, 0.717) is 53.3 Å². The molecule has 0 radical (unpaired) electrons. The minimum atomic E-state index is -0.914. The van der Waals surface area contributed by atoms with Crippen LogP contribution in [0.25, 0.3) is 17.0 Å². The molecule has 0 bridgehead atoms. The van der Waals surface area contributed by atoms with E-state index in [1.807, 2.05) is 6.07 Å². The van der Waals surface area contributed by atoms with Gasteiger partial charge in [0.1, 0.15) is 34.8 Å². The van der Waals surface area contributed by atoms with Gasteiger partial charge >= 0.3 is 0 Å². The number of nitrogens with one attached hydrogen (secondary N) is 2. The van der Waals surface area contributed by atoms with Crippen LogP contribution >= 0.6 is 11.6 Å². The molecular formula is C20H22ClFN6O. The lowest BCUT2D eigenvalue weighted by atomic mass is 10.1. The summed E-state index contributed by atoms with van der Waals surface area (Å²) >= 11 is 6.46. The molecule has 0 spiro atoms. The normalized spacial score (nSPS) is 22.0. The van der Waals surface area contributed by atoms with Gasteiger partial charge in [-0.25, -0.2) is 18.9 Å². The number of anilines is 1. The number of alkyl halides is 1. The van der Waals surface area contributed by atoms with E-state index in [0.717, 1.165) is 24.3 Å². The minimum absolute atomic E-state index is 0.323. The second-order valence-corrected chi connectivity index (χ2v) is 7.98. The van der Waals surface area contributed by atoms with Crippen LogP contribution in [-0.2, 0) is 0 Å². The number of methoxy groups -OCH3 is 1. The van der Waals surface area contributed by atoms with E-state index >= 15 is 0 Å². The average molecular weight is 417 g/mol. The lowest BCUT2D eigenvalue weighted by Crippen LogP contribution is -2.46. The van der Waals surface area contributed by atoms with Gasteiger partial charge in [0.2, 0.25) is 0 Å². The Bertz CT molecular complexity index is 1050. The van der Waals surface area contributed by atoms with Crippen LogP contribution in [-0.4, -0.2) is 52.0 Å². The van der Waals surface area contributed by atoms with Crippen LogP contribution in [0.15, 0.2) is 24.4 Å². The number of hydrogen-bond acceptors (Lipinski definition) is 6. The molecule has 0 aromatic carbocycles. The number of ether oxygens (including phenoxy) is 1. The highest BCUT2D eigenvalue weighted by molar-refractivity contribution is 6.33. The van der Waals surface area contributed by atoms with E-state index in [1.54, 1.807) is 30.0 Å². The van der Waals surface area contributed by atoms with Crippen LogP contribution in [0.1, 0.15) is 30.9 Å². The summed E-state index contributed by atoms with van der Waals surface area (Å²) in [6.07, 6.45) is 3.49. The Balaban J connectivity index is 1.53. The van der Waals surface area contributed by atoms with Gasteiger partial charge in [-0.05, 0) is 37.9 Å². The molecule has 3 aromatic rings. The number of aromatic nitrogens is 4. The Hall–Kier alpha value is -2.45. The number of rotatable bonds is 5. The zero-order chi connectivity index (χ0) is 20.0. The van der Waals surface area contributed by atoms with Gasteiger partial charge in [-0.2, -0.15) is 5.10 Å². The molecule has 29 heavy (non-hydrogen) atoms. The number of fused-ring (bicyclic) bond motifs is 1. The van der Waals surface area contributed by atoms with Crippen LogP contribution in [0.2, 0.25) is 5.02 Å². The zero-order valence-electron chi connectivity index (χ0n) is 16.0. The predicted molar refractivity (Wildman–Crippen MR) is 110 cm³/mol. The first-order chi connectivity index (χ1) is 14.1. The highest BCUT2D eigenvalue weighted by atomic mass is 35.5. The van der Waals surface area contributed by atoms with Gasteiger partial charge in [0, 0.05) is 18.5 Å². The van der Waals surface area contributed by atoms with Crippen molar-refractivity contribution < 1.29 is 9.13 Å². The fourth-order valence-corrected chi connectivity index (χ4v) is 3.94. The average Bonchev–Trinajstić information content (AvgIpc) is 3.50. The maximum atomic E-state index is 14.2. The van der Waals surface area contributed by atoms with Crippen molar-refractivity contribution in [3.8, 4) is 17.1 Å². The first-order valence-corrected chi connectivity index (χ1v) is 10.2. The van der Waals surface area contributed by atoms with Gasteiger partial charge in [-0.1, -0.05) is 11.6 Å². The van der Waals surface area contributed by atoms with Crippen LogP contribution in [0.4, 0.5) is 10.2 Å². The molecule has 4 heterocycles. The predicted octanol–water partition coefficient (Wildman–Crippen LogP) is 3.44. The summed E-state index contributed by atoms with van der Waals surface area (Å²) in [7, 11) is 1.65. The molecule has 2 unspecified atom stereocenters. The molecule has 0 amide bonds. The molecule has 2 atom stereocenters. The number of halogens is 2. The summed E-state index contributed by atoms with van der Waals surface area (Å²) in [5, 5.41) is 11.7. The summed E-state index contributed by atoms with van der Waals surface area (Å²) in [6.45, 7) is 1.25. The Morgan fingerprint density at radius 2 is 2.17 bits per heavy atom. The molecule has 2 N–H and O–H groups in total. The maximum Gasteiger partial charge on any atom is 0.157 e. The monoisotopic (exact) mass is 416 g/mol. The molecule has 2 fully saturated rings. The van der Waals surface area contributed by atoms with E-state index in [-0.39, 0.29) is 6.04 Å². The van der Waals surface area contributed by atoms with Gasteiger partial charge in [0.05, 0.1) is 24.4 Å². The Labute approximate surface area is 172 Å². The third-order valence-electron chi connectivity index (χ3n) is 5.49. The van der Waals surface area contributed by atoms with Crippen molar-refractivity contribution in [2.75, 3.05) is 25.5 Å². The molecule has 1 aliphatic carbocycles. The van der Waals surface area contributed by atoms with Gasteiger partial charge in [-0.15, -0.1) is 0 Å². The van der Waals surface area contributed by atoms with Crippen molar-refractivity contribution in [3.63, 3.8) is 0 Å². The molecule has 5 rings (SSSR count). The van der Waals surface area contributed by atoms with Crippen molar-refractivity contribution >= 4 is 23.1 Å². The third-order valence-corrected chi connectivity index (χ3v) is 5.79. The van der Waals surface area contributed by atoms with Crippen LogP contribution in [0.3, 0.4) is 0 Å². The molecule has 152 valence electrons. The van der Waals surface area contributed by atoms with Gasteiger partial charge < -0.3 is 15.4 Å². The molecular weight excluding hydrogens is 395 g/mol. The second kappa shape index (κ2) is 7.42. The summed E-state index contributed by atoms with van der Waals surface area (Å²) in [4.78, 5) is 9.11. The van der Waals surface area contributed by atoms with Crippen molar-refractivity contribution in [1.82, 2.24) is 24.9 Å². The van der Waals surface area contributed by atoms with Gasteiger partial charge in [0.15, 0.2) is 5.65 Å². The number of nitrogens with zero attached hydrogens (tertiary/aromatic N) is 4. The van der Waals surface area contributed by atoms with E-state index < -0.39 is 6.17 Å². The standard InChI is InChI=1S/C20H22ClFN6O/c1-29-16-8-18-24-10-15(28(18)27-19(16)11-2-3-11)20-12(21)4-5-17(26-20)25-14-9-23-7-6-13(14)22/h4-5,8,10-11,13-14,23H,2-3,6-7,9H2,1H3,(H,25,26). The maximum absolute atomic E-state index is 14.2. The molecule has 1 saturated heterocycles. The van der Waals surface area contributed by atoms with Crippen LogP contribution < -0.4 is 15.4 Å². The highest BCUT2D eigenvalue weighted by Crippen LogP contribution is 2.43. The summed E-state index contributed by atoms with van der Waals surface area (Å²) in [5.41, 5.74) is 2.84. The van der Waals surface area contributed by atoms with Crippen molar-refractivity contribution in [2.24, 2.45) is 0 Å². The van der Waals surface area contributed by atoms with Gasteiger partial charge in [-0.3, -0.25) is 0 Å². The number of hydrogen-bond donors (Lipinski definition) is 2. The Kier molecular flexibility index (Phi) is 4.75. The summed E-state index contributed by atoms with van der Waals surface area (Å²) in [5.74, 6) is 1.75. The Morgan fingerprint density at radius 3 is 2.93 bits per heavy atom. The van der Waals surface area contributed by atoms with E-state index in [4.69, 9.17) is 21.4 Å².